The first kappa shape index (κ1) is 67.6. The average Bonchev–Trinajstić information content (AvgIpc) is 3.36. The van der Waals surface area contributed by atoms with Crippen LogP contribution in [0.2, 0.25) is 0 Å². The zero-order valence-corrected chi connectivity index (χ0v) is 47.0. The average molecular weight is 980 g/mol. The van der Waals surface area contributed by atoms with E-state index in [4.69, 9.17) is 14.2 Å². The Morgan fingerprint density at radius 2 is 0.600 bits per heavy atom. The lowest BCUT2D eigenvalue weighted by Crippen LogP contribution is -2.30. The Morgan fingerprint density at radius 1 is 0.314 bits per heavy atom. The third-order valence-electron chi connectivity index (χ3n) is 13.5. The molecule has 5 nitrogen and oxygen atoms in total. The van der Waals surface area contributed by atoms with Crippen LogP contribution >= 0.6 is 0 Å². The molecule has 0 aliphatic rings. The summed E-state index contributed by atoms with van der Waals surface area (Å²) in [4.78, 5) is 25.6. The van der Waals surface area contributed by atoms with Crippen molar-refractivity contribution in [1.29, 1.82) is 0 Å². The molecule has 0 spiro atoms. The smallest absolute Gasteiger partial charge is 0.306 e. The van der Waals surface area contributed by atoms with Gasteiger partial charge >= 0.3 is 11.9 Å². The number of allylic oxidation sites excluding steroid dienone is 10. The predicted molar refractivity (Wildman–Crippen MR) is 307 cm³/mol. The van der Waals surface area contributed by atoms with Crippen molar-refractivity contribution in [2.45, 2.75) is 322 Å². The lowest BCUT2D eigenvalue weighted by atomic mass is 10.1. The van der Waals surface area contributed by atoms with Gasteiger partial charge in [0.1, 0.15) is 6.61 Å². The first-order valence-electron chi connectivity index (χ1n) is 30.8. The van der Waals surface area contributed by atoms with E-state index < -0.39 is 6.10 Å². The van der Waals surface area contributed by atoms with Gasteiger partial charge in [-0.1, -0.05) is 255 Å². The summed E-state index contributed by atoms with van der Waals surface area (Å²) in [6.45, 7) is 7.80. The molecule has 0 aromatic rings. The molecule has 1 unspecified atom stereocenters. The Kier molecular flexibility index (Phi) is 58.8. The van der Waals surface area contributed by atoms with Crippen LogP contribution in [0.5, 0.6) is 0 Å². The van der Waals surface area contributed by atoms with Crippen LogP contribution in [0, 0.1) is 0 Å². The van der Waals surface area contributed by atoms with Crippen LogP contribution in [-0.2, 0) is 23.8 Å². The second-order valence-corrected chi connectivity index (χ2v) is 20.6. The first-order chi connectivity index (χ1) is 34.6. The molecule has 0 bridgehead atoms. The van der Waals surface area contributed by atoms with E-state index in [2.05, 4.69) is 81.5 Å². The molecule has 70 heavy (non-hydrogen) atoms. The standard InChI is InChI=1S/C65H118O5/c1-4-7-10-13-16-19-22-25-28-31-32-33-36-39-42-45-48-51-54-57-60-68-61-63(70-65(67)59-56-53-50-47-44-41-38-35-30-27-24-21-18-15-12-9-6-3)62-69-64(66)58-55-52-49-46-43-40-37-34-29-26-23-20-17-14-11-8-5-2/h16-17,19-20,25-30,63H,4-15,18,21-24,31-62H2,1-3H3/b19-16-,20-17-,28-25-,29-26-,30-27-. The highest BCUT2D eigenvalue weighted by atomic mass is 16.6. The van der Waals surface area contributed by atoms with Gasteiger partial charge in [-0.3, -0.25) is 9.59 Å². The molecule has 5 heteroatoms. The highest BCUT2D eigenvalue weighted by Crippen LogP contribution is 2.16. The van der Waals surface area contributed by atoms with Crippen LogP contribution in [0.4, 0.5) is 0 Å². The Labute approximate surface area is 436 Å². The minimum absolute atomic E-state index is 0.0794. The zero-order chi connectivity index (χ0) is 50.6. The summed E-state index contributed by atoms with van der Waals surface area (Å²) in [5.74, 6) is -0.399. The Bertz CT molecular complexity index is 1200. The van der Waals surface area contributed by atoms with Gasteiger partial charge in [0, 0.05) is 19.4 Å². The molecule has 0 aromatic carbocycles. The van der Waals surface area contributed by atoms with Crippen molar-refractivity contribution in [3.05, 3.63) is 60.8 Å². The summed E-state index contributed by atoms with van der Waals surface area (Å²) in [7, 11) is 0. The monoisotopic (exact) mass is 979 g/mol. The lowest BCUT2D eigenvalue weighted by molar-refractivity contribution is -0.163. The quantitative estimate of drug-likeness (QED) is 0.0345. The Hall–Kier alpha value is -2.40. The normalized spacial score (nSPS) is 12.6. The number of carbonyl (C=O) groups is 2. The SMILES string of the molecule is CCCCC/C=C\C/C=C\CCCCCCCCCCCCOCC(COC(=O)CCCCCCCCC/C=C\C/C=C\CCCCC)OC(=O)CCCCCCCCC/C=C\CCCCCCCC. The highest BCUT2D eigenvalue weighted by Gasteiger charge is 2.17. The fourth-order valence-corrected chi connectivity index (χ4v) is 8.86. The summed E-state index contributed by atoms with van der Waals surface area (Å²) in [5, 5.41) is 0. The number of unbranched alkanes of at least 4 members (excludes halogenated alkanes) is 36. The molecule has 0 aliphatic carbocycles. The maximum atomic E-state index is 12.9. The molecular formula is C65H118O5. The first-order valence-corrected chi connectivity index (χ1v) is 30.8. The summed E-state index contributed by atoms with van der Waals surface area (Å²) in [6, 6.07) is 0. The van der Waals surface area contributed by atoms with Crippen LogP contribution in [0.15, 0.2) is 60.8 Å². The fraction of sp³-hybridized carbons (Fsp3) is 0.815. The third kappa shape index (κ3) is 58.2. The third-order valence-corrected chi connectivity index (χ3v) is 13.5. The van der Waals surface area contributed by atoms with E-state index in [-0.39, 0.29) is 25.2 Å². The van der Waals surface area contributed by atoms with E-state index in [0.717, 1.165) is 64.2 Å². The van der Waals surface area contributed by atoms with Gasteiger partial charge in [-0.25, -0.2) is 0 Å². The van der Waals surface area contributed by atoms with E-state index >= 15 is 0 Å². The van der Waals surface area contributed by atoms with Crippen LogP contribution in [-0.4, -0.2) is 37.9 Å². The van der Waals surface area contributed by atoms with Crippen molar-refractivity contribution >= 4 is 11.9 Å². The highest BCUT2D eigenvalue weighted by molar-refractivity contribution is 5.70. The second-order valence-electron chi connectivity index (χ2n) is 20.6. The summed E-state index contributed by atoms with van der Waals surface area (Å²) in [6.07, 6.45) is 78.2. The van der Waals surface area contributed by atoms with Gasteiger partial charge in [0.2, 0.25) is 0 Å². The molecule has 0 aliphatic heterocycles. The molecule has 0 rings (SSSR count). The maximum absolute atomic E-state index is 12.9. The van der Waals surface area contributed by atoms with E-state index in [9.17, 15) is 9.59 Å². The van der Waals surface area contributed by atoms with E-state index in [1.54, 1.807) is 0 Å². The van der Waals surface area contributed by atoms with Crippen molar-refractivity contribution in [2.24, 2.45) is 0 Å². The number of ether oxygens (including phenoxy) is 3. The number of rotatable bonds is 57. The van der Waals surface area contributed by atoms with Gasteiger partial charge in [0.15, 0.2) is 6.10 Å². The van der Waals surface area contributed by atoms with E-state index in [0.29, 0.717) is 19.4 Å². The largest absolute Gasteiger partial charge is 0.462 e. The van der Waals surface area contributed by atoms with Crippen molar-refractivity contribution in [2.75, 3.05) is 19.8 Å². The number of esters is 2. The second kappa shape index (κ2) is 60.9. The fourth-order valence-electron chi connectivity index (χ4n) is 8.86. The molecule has 0 N–H and O–H groups in total. The minimum atomic E-state index is -0.545. The van der Waals surface area contributed by atoms with Crippen LogP contribution in [0.3, 0.4) is 0 Å². The number of carbonyl (C=O) groups excluding carboxylic acids is 2. The van der Waals surface area contributed by atoms with Crippen molar-refractivity contribution < 1.29 is 23.8 Å². The summed E-state index contributed by atoms with van der Waals surface area (Å²) < 4.78 is 17.5. The maximum Gasteiger partial charge on any atom is 0.306 e. The topological polar surface area (TPSA) is 61.8 Å². The lowest BCUT2D eigenvalue weighted by Gasteiger charge is -2.18. The van der Waals surface area contributed by atoms with Gasteiger partial charge in [-0.05, 0) is 109 Å². The van der Waals surface area contributed by atoms with Crippen molar-refractivity contribution in [1.82, 2.24) is 0 Å². The molecule has 1 atom stereocenters. The van der Waals surface area contributed by atoms with Crippen LogP contribution in [0.25, 0.3) is 0 Å². The van der Waals surface area contributed by atoms with Crippen LogP contribution in [0.1, 0.15) is 316 Å². The molecule has 0 saturated carbocycles. The molecule has 0 aromatic heterocycles. The molecule has 0 amide bonds. The predicted octanol–water partition coefficient (Wildman–Crippen LogP) is 21.2. The Morgan fingerprint density at radius 3 is 0.986 bits per heavy atom. The molecule has 408 valence electrons. The van der Waals surface area contributed by atoms with E-state index in [1.807, 2.05) is 0 Å². The van der Waals surface area contributed by atoms with E-state index in [1.165, 1.54) is 218 Å². The molecule has 0 radical (unpaired) electrons. The Balaban J connectivity index is 4.28. The molecular weight excluding hydrogens is 861 g/mol. The molecule has 0 fully saturated rings. The van der Waals surface area contributed by atoms with Gasteiger partial charge in [-0.2, -0.15) is 0 Å². The number of hydrogen-bond acceptors (Lipinski definition) is 5. The zero-order valence-electron chi connectivity index (χ0n) is 47.0. The van der Waals surface area contributed by atoms with Gasteiger partial charge < -0.3 is 14.2 Å². The van der Waals surface area contributed by atoms with Gasteiger partial charge in [-0.15, -0.1) is 0 Å². The van der Waals surface area contributed by atoms with Gasteiger partial charge in [0.05, 0.1) is 6.61 Å². The van der Waals surface area contributed by atoms with Crippen molar-refractivity contribution in [3.8, 4) is 0 Å². The number of hydrogen-bond donors (Lipinski definition) is 0. The summed E-state index contributed by atoms with van der Waals surface area (Å²) >= 11 is 0. The minimum Gasteiger partial charge on any atom is -0.462 e. The van der Waals surface area contributed by atoms with Crippen LogP contribution < -0.4 is 0 Å². The summed E-state index contributed by atoms with van der Waals surface area (Å²) in [5.41, 5.74) is 0. The van der Waals surface area contributed by atoms with Crippen molar-refractivity contribution in [3.63, 3.8) is 0 Å². The molecule has 0 saturated heterocycles. The molecule has 0 heterocycles. The van der Waals surface area contributed by atoms with Gasteiger partial charge in [0.25, 0.3) is 0 Å².